The normalized spacial score (nSPS) is 16.4. The van der Waals surface area contributed by atoms with E-state index in [1.807, 2.05) is 19.1 Å². The molecule has 12 heteroatoms. The first-order valence-corrected chi connectivity index (χ1v) is 13.6. The van der Waals surface area contributed by atoms with Gasteiger partial charge in [-0.2, -0.15) is 4.98 Å². The van der Waals surface area contributed by atoms with Gasteiger partial charge in [0, 0.05) is 44.1 Å². The minimum absolute atomic E-state index is 0.0124. The van der Waals surface area contributed by atoms with Gasteiger partial charge in [0.05, 0.1) is 24.2 Å². The number of nitrogens with zero attached hydrogens (tertiary/aromatic N) is 5. The van der Waals surface area contributed by atoms with Crippen LogP contribution in [0.2, 0.25) is 0 Å². The molecule has 3 N–H and O–H groups in total. The van der Waals surface area contributed by atoms with Gasteiger partial charge in [-0.15, -0.1) is 0 Å². The number of aromatic nitrogens is 3. The number of carboxylic acid groups (broad SMARTS) is 1. The molecule has 208 valence electrons. The maximum atomic E-state index is 12.7. The third-order valence-corrected chi connectivity index (χ3v) is 7.46. The predicted molar refractivity (Wildman–Crippen MR) is 150 cm³/mol. The van der Waals surface area contributed by atoms with Gasteiger partial charge in [-0.3, -0.25) is 0 Å². The maximum absolute atomic E-state index is 12.7. The number of benzene rings is 1. The van der Waals surface area contributed by atoms with E-state index in [0.29, 0.717) is 61.2 Å². The molecule has 0 radical (unpaired) electrons. The second-order valence-corrected chi connectivity index (χ2v) is 9.97. The van der Waals surface area contributed by atoms with E-state index in [1.54, 1.807) is 18.3 Å². The second-order valence-electron chi connectivity index (χ2n) is 9.97. The number of aryl methyl sites for hydroxylation is 1. The van der Waals surface area contributed by atoms with Crippen LogP contribution < -0.4 is 20.4 Å². The van der Waals surface area contributed by atoms with Gasteiger partial charge in [-0.25, -0.2) is 19.6 Å². The Hall–Kier alpha value is -4.45. The van der Waals surface area contributed by atoms with Crippen molar-refractivity contribution in [3.63, 3.8) is 0 Å². The number of aromatic carboxylic acids is 1. The molecule has 1 aromatic carbocycles. The number of ether oxygens (including phenoxy) is 1. The molecule has 0 atom stereocenters. The smallest absolute Gasteiger partial charge is 0.335 e. The van der Waals surface area contributed by atoms with E-state index in [2.05, 4.69) is 25.4 Å². The molecule has 12 nitrogen and oxygen atoms in total. The fourth-order valence-electron chi connectivity index (χ4n) is 5.33. The van der Waals surface area contributed by atoms with Crippen LogP contribution in [0.3, 0.4) is 0 Å². The number of carbonyl (C=O) groups excluding carboxylic acids is 1. The van der Waals surface area contributed by atoms with Crippen molar-refractivity contribution in [1.82, 2.24) is 20.3 Å². The van der Waals surface area contributed by atoms with Crippen molar-refractivity contribution in [2.45, 2.75) is 32.2 Å². The van der Waals surface area contributed by atoms with Gasteiger partial charge in [-0.1, -0.05) is 6.92 Å². The minimum Gasteiger partial charge on any atom is -0.478 e. The van der Waals surface area contributed by atoms with Crippen LogP contribution in [0.25, 0.3) is 22.2 Å². The number of nitrogens with one attached hydrogen (secondary N) is 2. The van der Waals surface area contributed by atoms with Crippen LogP contribution in [0.4, 0.5) is 22.2 Å². The van der Waals surface area contributed by atoms with Gasteiger partial charge in [0.1, 0.15) is 5.52 Å². The molecule has 2 saturated heterocycles. The quantitative estimate of drug-likeness (QED) is 0.328. The highest BCUT2D eigenvalue weighted by Crippen LogP contribution is 2.34. The van der Waals surface area contributed by atoms with Crippen LogP contribution in [-0.2, 0) is 11.2 Å². The van der Waals surface area contributed by atoms with Crippen molar-refractivity contribution >= 4 is 51.7 Å². The molecule has 4 aromatic rings. The molecule has 5 heterocycles. The highest BCUT2D eigenvalue weighted by atomic mass is 16.5. The molecular weight excluding hydrogens is 514 g/mol. The van der Waals surface area contributed by atoms with Crippen molar-refractivity contribution in [2.24, 2.45) is 0 Å². The number of pyridine rings is 1. The fraction of sp³-hybridized carbons (Fsp3) is 0.393. The number of furan rings is 1. The Labute approximate surface area is 230 Å². The average molecular weight is 546 g/mol. The lowest BCUT2D eigenvalue weighted by atomic mass is 10.0. The van der Waals surface area contributed by atoms with E-state index < -0.39 is 5.97 Å². The molecular formula is C28H31N7O5. The molecule has 3 aromatic heterocycles. The number of hydrogen-bond donors (Lipinski definition) is 3. The SMILES string of the molecule is CCc1cc(NC(=O)NC2CCN(c3nc(N4CCOCC4)c4oc5ncccc5c4n3)CC2)ccc1C(=O)O. The third kappa shape index (κ3) is 5.09. The van der Waals surface area contributed by atoms with Crippen LogP contribution in [0.5, 0.6) is 0 Å². The summed E-state index contributed by atoms with van der Waals surface area (Å²) in [5.41, 5.74) is 3.41. The van der Waals surface area contributed by atoms with E-state index in [1.165, 1.54) is 6.07 Å². The lowest BCUT2D eigenvalue weighted by Crippen LogP contribution is -2.46. The Morgan fingerprint density at radius 1 is 1.07 bits per heavy atom. The Bertz CT molecular complexity index is 1560. The van der Waals surface area contributed by atoms with E-state index in [4.69, 9.17) is 19.1 Å². The van der Waals surface area contributed by atoms with Gasteiger partial charge >= 0.3 is 12.0 Å². The molecule has 0 aliphatic carbocycles. The van der Waals surface area contributed by atoms with Gasteiger partial charge in [0.15, 0.2) is 11.4 Å². The molecule has 40 heavy (non-hydrogen) atoms. The summed E-state index contributed by atoms with van der Waals surface area (Å²) in [6, 6.07) is 8.35. The van der Waals surface area contributed by atoms with Crippen LogP contribution in [0, 0.1) is 0 Å². The molecule has 0 bridgehead atoms. The summed E-state index contributed by atoms with van der Waals surface area (Å²) in [6.45, 7) is 5.94. The van der Waals surface area contributed by atoms with E-state index in [-0.39, 0.29) is 17.6 Å². The number of piperidine rings is 1. The molecule has 2 aliphatic heterocycles. The highest BCUT2D eigenvalue weighted by molar-refractivity contribution is 6.05. The monoisotopic (exact) mass is 545 g/mol. The molecule has 0 unspecified atom stereocenters. The number of anilines is 3. The number of morpholine rings is 1. The summed E-state index contributed by atoms with van der Waals surface area (Å²) in [4.78, 5) is 42.6. The summed E-state index contributed by atoms with van der Waals surface area (Å²) < 4.78 is 11.6. The lowest BCUT2D eigenvalue weighted by Gasteiger charge is -2.33. The van der Waals surface area contributed by atoms with E-state index >= 15 is 0 Å². The van der Waals surface area contributed by atoms with Crippen LogP contribution >= 0.6 is 0 Å². The number of rotatable bonds is 6. The van der Waals surface area contributed by atoms with Gasteiger partial charge in [0.25, 0.3) is 0 Å². The minimum atomic E-state index is -0.975. The Morgan fingerprint density at radius 2 is 1.88 bits per heavy atom. The number of carbonyl (C=O) groups is 2. The zero-order chi connectivity index (χ0) is 27.6. The lowest BCUT2D eigenvalue weighted by molar-refractivity contribution is 0.0695. The van der Waals surface area contributed by atoms with Crippen LogP contribution in [-0.4, -0.2) is 77.5 Å². The van der Waals surface area contributed by atoms with Crippen molar-refractivity contribution < 1.29 is 23.8 Å². The first kappa shape index (κ1) is 25.8. The summed E-state index contributed by atoms with van der Waals surface area (Å²) >= 11 is 0. The summed E-state index contributed by atoms with van der Waals surface area (Å²) in [6.07, 6.45) is 3.72. The van der Waals surface area contributed by atoms with Crippen molar-refractivity contribution in [1.29, 1.82) is 0 Å². The first-order chi connectivity index (χ1) is 19.5. The largest absolute Gasteiger partial charge is 0.478 e. The van der Waals surface area contributed by atoms with Crippen molar-refractivity contribution in [3.8, 4) is 0 Å². The Kier molecular flexibility index (Phi) is 7.08. The zero-order valence-corrected chi connectivity index (χ0v) is 22.2. The molecule has 2 aliphatic rings. The number of fused-ring (bicyclic) bond motifs is 3. The highest BCUT2D eigenvalue weighted by Gasteiger charge is 2.27. The molecule has 0 saturated carbocycles. The summed E-state index contributed by atoms with van der Waals surface area (Å²) in [7, 11) is 0. The van der Waals surface area contributed by atoms with Gasteiger partial charge in [0.2, 0.25) is 11.7 Å². The Balaban J connectivity index is 1.15. The van der Waals surface area contributed by atoms with E-state index in [9.17, 15) is 14.7 Å². The fourth-order valence-corrected chi connectivity index (χ4v) is 5.33. The van der Waals surface area contributed by atoms with E-state index in [0.717, 1.165) is 42.7 Å². The molecule has 0 spiro atoms. The molecule has 2 amide bonds. The topological polar surface area (TPSA) is 146 Å². The zero-order valence-electron chi connectivity index (χ0n) is 22.2. The van der Waals surface area contributed by atoms with Gasteiger partial charge < -0.3 is 34.7 Å². The maximum Gasteiger partial charge on any atom is 0.335 e. The predicted octanol–water partition coefficient (Wildman–Crippen LogP) is 3.66. The first-order valence-electron chi connectivity index (χ1n) is 13.6. The van der Waals surface area contributed by atoms with Crippen LogP contribution in [0.1, 0.15) is 35.7 Å². The third-order valence-electron chi connectivity index (χ3n) is 7.46. The molecule has 2 fully saturated rings. The summed E-state index contributed by atoms with van der Waals surface area (Å²) in [5.74, 6) is 0.410. The standard InChI is InChI=1S/C28H31N7O5/c1-2-17-16-19(5-6-20(17)26(36)37)31-28(38)30-18-7-10-35(11-8-18)27-32-22-21-4-3-9-29-25(21)40-23(22)24(33-27)34-12-14-39-15-13-34/h3-6,9,16,18H,2,7-8,10-15H2,1H3,(H,36,37)(H2,30,31,38). The second kappa shape index (κ2) is 11.0. The van der Waals surface area contributed by atoms with Crippen LogP contribution in [0.15, 0.2) is 40.9 Å². The number of hydrogen-bond acceptors (Lipinski definition) is 9. The number of carboxylic acids is 1. The molecule has 6 rings (SSSR count). The number of amides is 2. The Morgan fingerprint density at radius 3 is 2.62 bits per heavy atom. The average Bonchev–Trinajstić information content (AvgIpc) is 3.36. The van der Waals surface area contributed by atoms with Gasteiger partial charge in [-0.05, 0) is 55.2 Å². The summed E-state index contributed by atoms with van der Waals surface area (Å²) in [5, 5.41) is 16.1. The number of urea groups is 1. The van der Waals surface area contributed by atoms with Crippen molar-refractivity contribution in [3.05, 3.63) is 47.7 Å². The van der Waals surface area contributed by atoms with Crippen molar-refractivity contribution in [2.75, 3.05) is 54.5 Å².